The molecule has 0 amide bonds. The van der Waals surface area contributed by atoms with Gasteiger partial charge in [0.25, 0.3) is 0 Å². The van der Waals surface area contributed by atoms with E-state index in [9.17, 15) is 0 Å². The van der Waals surface area contributed by atoms with Gasteiger partial charge in [-0.05, 0) is 37.2 Å². The number of rotatable bonds is 3. The molecule has 1 aliphatic rings. The van der Waals surface area contributed by atoms with Crippen molar-refractivity contribution in [3.63, 3.8) is 0 Å². The molecule has 1 heterocycles. The second kappa shape index (κ2) is 4.92. The third kappa shape index (κ3) is 2.68. The number of hydrogen-bond acceptors (Lipinski definition) is 4. The monoisotopic (exact) mass is 226 g/mol. The molecule has 0 aromatic carbocycles. The van der Waals surface area contributed by atoms with Crippen molar-refractivity contribution >= 4 is 11.5 Å². The van der Waals surface area contributed by atoms with Crippen LogP contribution in [-0.2, 0) is 0 Å². The van der Waals surface area contributed by atoms with E-state index in [2.05, 4.69) is 16.3 Å². The second-order valence-electron chi connectivity index (χ2n) is 4.32. The molecule has 2 atom stereocenters. The number of aromatic nitrogens is 2. The average molecular weight is 226 g/mol. The van der Waals surface area contributed by atoms with Gasteiger partial charge in [-0.25, -0.2) is 0 Å². The minimum Gasteiger partial charge on any atom is -0.463 e. The quantitative estimate of drug-likeness (QED) is 0.793. The first-order chi connectivity index (χ1) is 7.29. The van der Waals surface area contributed by atoms with Crippen LogP contribution >= 0.6 is 11.5 Å². The molecule has 1 aromatic rings. The van der Waals surface area contributed by atoms with Gasteiger partial charge in [-0.3, -0.25) is 0 Å². The summed E-state index contributed by atoms with van der Waals surface area (Å²) in [4.78, 5) is 4.44. The van der Waals surface area contributed by atoms with Gasteiger partial charge in [0, 0.05) is 5.92 Å². The lowest BCUT2D eigenvalue weighted by Crippen LogP contribution is -2.11. The molecule has 0 aliphatic heterocycles. The normalized spacial score (nSPS) is 26.5. The van der Waals surface area contributed by atoms with E-state index < -0.39 is 0 Å². The Morgan fingerprint density at radius 2 is 2.33 bits per heavy atom. The van der Waals surface area contributed by atoms with Crippen LogP contribution in [0.1, 0.15) is 50.5 Å². The minimum atomic E-state index is 0.565. The predicted molar refractivity (Wildman–Crippen MR) is 61.5 cm³/mol. The molecule has 2 unspecified atom stereocenters. The van der Waals surface area contributed by atoms with E-state index in [-0.39, 0.29) is 0 Å². The Morgan fingerprint density at radius 3 is 3.07 bits per heavy atom. The van der Waals surface area contributed by atoms with Crippen molar-refractivity contribution in [3.8, 4) is 6.01 Å². The Bertz CT molecular complexity index is 313. The van der Waals surface area contributed by atoms with Crippen LogP contribution < -0.4 is 4.74 Å². The summed E-state index contributed by atoms with van der Waals surface area (Å²) in [5, 5.41) is 1.17. The summed E-state index contributed by atoms with van der Waals surface area (Å²) in [5.41, 5.74) is 0. The van der Waals surface area contributed by atoms with Crippen molar-refractivity contribution in [2.45, 2.75) is 45.4 Å². The molecule has 2 rings (SSSR count). The molecule has 1 saturated carbocycles. The van der Waals surface area contributed by atoms with Gasteiger partial charge in [0.2, 0.25) is 0 Å². The highest BCUT2D eigenvalue weighted by atomic mass is 32.1. The first kappa shape index (κ1) is 10.9. The molecule has 0 radical (unpaired) electrons. The molecule has 0 N–H and O–H groups in total. The topological polar surface area (TPSA) is 35.0 Å². The second-order valence-corrected chi connectivity index (χ2v) is 5.10. The largest absolute Gasteiger partial charge is 0.463 e. The molecule has 1 fully saturated rings. The van der Waals surface area contributed by atoms with Crippen LogP contribution in [0, 0.1) is 5.92 Å². The first-order valence-corrected chi connectivity index (χ1v) is 6.53. The standard InChI is InChI=1S/C11H18N2OS/c1-3-14-11-12-10(15-13-11)9-6-4-5-8(2)7-9/h8-9H,3-7H2,1-2H3. The lowest BCUT2D eigenvalue weighted by atomic mass is 9.83. The third-order valence-electron chi connectivity index (χ3n) is 2.98. The van der Waals surface area contributed by atoms with Gasteiger partial charge in [-0.1, -0.05) is 19.8 Å². The van der Waals surface area contributed by atoms with Crippen LogP contribution in [0.25, 0.3) is 0 Å². The molecule has 84 valence electrons. The lowest BCUT2D eigenvalue weighted by molar-refractivity contribution is 0.311. The Hall–Kier alpha value is -0.640. The Kier molecular flexibility index (Phi) is 3.57. The molecule has 0 spiro atoms. The maximum Gasteiger partial charge on any atom is 0.328 e. The summed E-state index contributed by atoms with van der Waals surface area (Å²) in [6.45, 7) is 4.94. The summed E-state index contributed by atoms with van der Waals surface area (Å²) >= 11 is 1.51. The highest BCUT2D eigenvalue weighted by Crippen LogP contribution is 2.37. The average Bonchev–Trinajstić information content (AvgIpc) is 2.67. The van der Waals surface area contributed by atoms with Crippen molar-refractivity contribution in [2.24, 2.45) is 5.92 Å². The Morgan fingerprint density at radius 1 is 1.47 bits per heavy atom. The van der Waals surface area contributed by atoms with Crippen LogP contribution in [0.5, 0.6) is 6.01 Å². The van der Waals surface area contributed by atoms with E-state index in [1.54, 1.807) is 0 Å². The fourth-order valence-corrected chi connectivity index (χ4v) is 2.98. The fraction of sp³-hybridized carbons (Fsp3) is 0.818. The molecular weight excluding hydrogens is 208 g/mol. The Balaban J connectivity index is 2.01. The zero-order valence-corrected chi connectivity index (χ0v) is 10.2. The van der Waals surface area contributed by atoms with Gasteiger partial charge in [0.1, 0.15) is 5.01 Å². The molecular formula is C11H18N2OS. The molecule has 1 aromatic heterocycles. The fourth-order valence-electron chi connectivity index (χ4n) is 2.23. The van der Waals surface area contributed by atoms with Crippen LogP contribution in [-0.4, -0.2) is 16.0 Å². The smallest absolute Gasteiger partial charge is 0.328 e. The maximum absolute atomic E-state index is 5.29. The molecule has 0 saturated heterocycles. The van der Waals surface area contributed by atoms with Crippen molar-refractivity contribution in [2.75, 3.05) is 6.61 Å². The summed E-state index contributed by atoms with van der Waals surface area (Å²) in [6, 6.07) is 0.565. The van der Waals surface area contributed by atoms with Gasteiger partial charge in [0.05, 0.1) is 6.61 Å². The van der Waals surface area contributed by atoms with Crippen molar-refractivity contribution in [3.05, 3.63) is 5.01 Å². The third-order valence-corrected chi connectivity index (χ3v) is 3.84. The zero-order chi connectivity index (χ0) is 10.7. The summed E-state index contributed by atoms with van der Waals surface area (Å²) in [7, 11) is 0. The van der Waals surface area contributed by atoms with Crippen molar-refractivity contribution in [1.29, 1.82) is 0 Å². The number of nitrogens with zero attached hydrogens (tertiary/aromatic N) is 2. The van der Waals surface area contributed by atoms with Crippen LogP contribution in [0.2, 0.25) is 0 Å². The molecule has 1 aliphatic carbocycles. The molecule has 4 heteroatoms. The van der Waals surface area contributed by atoms with Gasteiger partial charge in [-0.15, -0.1) is 4.37 Å². The Labute approximate surface area is 95.0 Å². The van der Waals surface area contributed by atoms with Gasteiger partial charge in [-0.2, -0.15) is 4.98 Å². The predicted octanol–water partition coefficient (Wildman–Crippen LogP) is 3.23. The lowest BCUT2D eigenvalue weighted by Gasteiger charge is -2.24. The number of hydrogen-bond donors (Lipinski definition) is 0. The van der Waals surface area contributed by atoms with Gasteiger partial charge in [0.15, 0.2) is 0 Å². The molecule has 3 nitrogen and oxygen atoms in total. The highest BCUT2D eigenvalue weighted by molar-refractivity contribution is 7.05. The zero-order valence-electron chi connectivity index (χ0n) is 9.40. The van der Waals surface area contributed by atoms with Crippen molar-refractivity contribution in [1.82, 2.24) is 9.36 Å². The van der Waals surface area contributed by atoms with E-state index in [1.807, 2.05) is 6.92 Å². The molecule has 15 heavy (non-hydrogen) atoms. The van der Waals surface area contributed by atoms with E-state index in [0.717, 1.165) is 5.92 Å². The summed E-state index contributed by atoms with van der Waals surface area (Å²) in [6.07, 6.45) is 5.23. The maximum atomic E-state index is 5.29. The van der Waals surface area contributed by atoms with Crippen LogP contribution in [0.15, 0.2) is 0 Å². The summed E-state index contributed by atoms with van der Waals surface area (Å²) < 4.78 is 9.51. The van der Waals surface area contributed by atoms with Gasteiger partial charge < -0.3 is 4.74 Å². The van der Waals surface area contributed by atoms with E-state index in [0.29, 0.717) is 18.5 Å². The minimum absolute atomic E-state index is 0.565. The molecule has 0 bridgehead atoms. The SMILES string of the molecule is CCOc1nsc(C2CCCC(C)C2)n1. The highest BCUT2D eigenvalue weighted by Gasteiger charge is 2.23. The van der Waals surface area contributed by atoms with Crippen molar-refractivity contribution < 1.29 is 4.74 Å². The van der Waals surface area contributed by atoms with E-state index >= 15 is 0 Å². The van der Waals surface area contributed by atoms with E-state index in [4.69, 9.17) is 4.74 Å². The number of ether oxygens (including phenoxy) is 1. The van der Waals surface area contributed by atoms with Gasteiger partial charge >= 0.3 is 6.01 Å². The van der Waals surface area contributed by atoms with E-state index in [1.165, 1.54) is 42.2 Å². The van der Waals surface area contributed by atoms with Crippen LogP contribution in [0.4, 0.5) is 0 Å². The first-order valence-electron chi connectivity index (χ1n) is 5.76. The summed E-state index contributed by atoms with van der Waals surface area (Å²) in [5.74, 6) is 1.46. The van der Waals surface area contributed by atoms with Crippen LogP contribution in [0.3, 0.4) is 0 Å².